The molecule has 138 valence electrons. The van der Waals surface area contributed by atoms with Crippen LogP contribution in [0.3, 0.4) is 0 Å². The standard InChI is InChI=1S/C20H23NO5/c1-14-8-9-15(2)16(12-14)20(23)26-13-19(22)21-10-11-25-18-7-5-4-6-17(18)24-3/h4-9,12H,10-11,13H2,1-3H3,(H,21,22). The third-order valence-electron chi connectivity index (χ3n) is 3.70. The maximum Gasteiger partial charge on any atom is 0.338 e. The first-order valence-corrected chi connectivity index (χ1v) is 8.28. The van der Waals surface area contributed by atoms with Gasteiger partial charge in [0.05, 0.1) is 19.2 Å². The second kappa shape index (κ2) is 9.46. The Balaban J connectivity index is 1.72. The molecule has 0 aliphatic rings. The van der Waals surface area contributed by atoms with E-state index in [0.29, 0.717) is 17.1 Å². The molecule has 6 heteroatoms. The Bertz CT molecular complexity index is 773. The predicted octanol–water partition coefficient (Wildman–Crippen LogP) is 2.66. The Morgan fingerprint density at radius 1 is 1.04 bits per heavy atom. The summed E-state index contributed by atoms with van der Waals surface area (Å²) in [6.07, 6.45) is 0. The molecule has 1 amide bonds. The first-order valence-electron chi connectivity index (χ1n) is 8.28. The van der Waals surface area contributed by atoms with Crippen molar-refractivity contribution >= 4 is 11.9 Å². The van der Waals surface area contributed by atoms with E-state index in [1.54, 1.807) is 25.3 Å². The second-order valence-electron chi connectivity index (χ2n) is 5.74. The van der Waals surface area contributed by atoms with Gasteiger partial charge < -0.3 is 19.5 Å². The fraction of sp³-hybridized carbons (Fsp3) is 0.300. The van der Waals surface area contributed by atoms with Crippen LogP contribution in [0.2, 0.25) is 0 Å². The summed E-state index contributed by atoms with van der Waals surface area (Å²) in [7, 11) is 1.56. The van der Waals surface area contributed by atoms with Crippen molar-refractivity contribution in [2.45, 2.75) is 13.8 Å². The second-order valence-corrected chi connectivity index (χ2v) is 5.74. The lowest BCUT2D eigenvalue weighted by Gasteiger charge is -2.11. The van der Waals surface area contributed by atoms with Crippen LogP contribution >= 0.6 is 0 Å². The number of ether oxygens (including phenoxy) is 3. The molecule has 0 radical (unpaired) electrons. The van der Waals surface area contributed by atoms with Crippen LogP contribution in [0.15, 0.2) is 42.5 Å². The summed E-state index contributed by atoms with van der Waals surface area (Å²) in [6, 6.07) is 12.8. The van der Waals surface area contributed by atoms with Gasteiger partial charge in [-0.25, -0.2) is 4.79 Å². The summed E-state index contributed by atoms with van der Waals surface area (Å²) in [6.45, 7) is 3.95. The van der Waals surface area contributed by atoms with Crippen LogP contribution in [0.5, 0.6) is 11.5 Å². The molecule has 2 rings (SSSR count). The van der Waals surface area contributed by atoms with E-state index in [9.17, 15) is 9.59 Å². The van der Waals surface area contributed by atoms with E-state index in [4.69, 9.17) is 14.2 Å². The van der Waals surface area contributed by atoms with Crippen LogP contribution in [0.25, 0.3) is 0 Å². The molecule has 0 heterocycles. The van der Waals surface area contributed by atoms with E-state index < -0.39 is 5.97 Å². The monoisotopic (exact) mass is 357 g/mol. The number of carbonyl (C=O) groups excluding carboxylic acids is 2. The van der Waals surface area contributed by atoms with Crippen LogP contribution in [0.4, 0.5) is 0 Å². The van der Waals surface area contributed by atoms with Gasteiger partial charge in [-0.3, -0.25) is 4.79 Å². The zero-order valence-electron chi connectivity index (χ0n) is 15.2. The summed E-state index contributed by atoms with van der Waals surface area (Å²) >= 11 is 0. The Kier molecular flexibility index (Phi) is 7.02. The fourth-order valence-corrected chi connectivity index (χ4v) is 2.31. The number of benzene rings is 2. The number of aryl methyl sites for hydroxylation is 2. The topological polar surface area (TPSA) is 73.9 Å². The summed E-state index contributed by atoms with van der Waals surface area (Å²) in [4.78, 5) is 23.9. The molecule has 0 aliphatic carbocycles. The number of carbonyl (C=O) groups is 2. The number of nitrogens with one attached hydrogen (secondary N) is 1. The average Bonchev–Trinajstić information content (AvgIpc) is 2.65. The van der Waals surface area contributed by atoms with E-state index in [2.05, 4.69) is 5.32 Å². The molecule has 0 bridgehead atoms. The van der Waals surface area contributed by atoms with Crippen molar-refractivity contribution in [1.82, 2.24) is 5.32 Å². The molecule has 0 spiro atoms. The van der Waals surface area contributed by atoms with Crippen LogP contribution in [-0.2, 0) is 9.53 Å². The Morgan fingerprint density at radius 3 is 2.50 bits per heavy atom. The number of hydrogen-bond acceptors (Lipinski definition) is 5. The summed E-state index contributed by atoms with van der Waals surface area (Å²) < 4.78 is 15.8. The number of amides is 1. The molecule has 1 N–H and O–H groups in total. The largest absolute Gasteiger partial charge is 0.493 e. The third-order valence-corrected chi connectivity index (χ3v) is 3.70. The number of esters is 1. The molecule has 26 heavy (non-hydrogen) atoms. The number of rotatable bonds is 8. The minimum Gasteiger partial charge on any atom is -0.493 e. The molecular weight excluding hydrogens is 334 g/mol. The summed E-state index contributed by atoms with van der Waals surface area (Å²) in [5.74, 6) is 0.339. The zero-order valence-corrected chi connectivity index (χ0v) is 15.2. The van der Waals surface area contributed by atoms with Gasteiger partial charge >= 0.3 is 5.97 Å². The molecule has 2 aromatic rings. The minimum absolute atomic E-state index is 0.275. The Hall–Kier alpha value is -3.02. The molecule has 0 saturated carbocycles. The van der Waals surface area contributed by atoms with Gasteiger partial charge in [-0.1, -0.05) is 29.8 Å². The number of para-hydroxylation sites is 2. The maximum absolute atomic E-state index is 12.1. The normalized spacial score (nSPS) is 10.1. The van der Waals surface area contributed by atoms with Crippen molar-refractivity contribution in [3.8, 4) is 11.5 Å². The van der Waals surface area contributed by atoms with Gasteiger partial charge in [0.25, 0.3) is 5.91 Å². The molecule has 0 atom stereocenters. The molecule has 6 nitrogen and oxygen atoms in total. The molecule has 2 aromatic carbocycles. The van der Waals surface area contributed by atoms with Gasteiger partial charge in [0.15, 0.2) is 18.1 Å². The van der Waals surface area contributed by atoms with Crippen molar-refractivity contribution in [3.05, 3.63) is 59.2 Å². The van der Waals surface area contributed by atoms with Crippen LogP contribution in [0.1, 0.15) is 21.5 Å². The van der Waals surface area contributed by atoms with Crippen molar-refractivity contribution in [1.29, 1.82) is 0 Å². The molecule has 0 unspecified atom stereocenters. The fourth-order valence-electron chi connectivity index (χ4n) is 2.31. The van der Waals surface area contributed by atoms with Gasteiger partial charge in [-0.2, -0.15) is 0 Å². The van der Waals surface area contributed by atoms with E-state index >= 15 is 0 Å². The highest BCUT2D eigenvalue weighted by molar-refractivity contribution is 5.92. The molecule has 0 fully saturated rings. The molecule has 0 aliphatic heterocycles. The lowest BCUT2D eigenvalue weighted by Crippen LogP contribution is -2.32. The molecule has 0 aromatic heterocycles. The minimum atomic E-state index is -0.508. The lowest BCUT2D eigenvalue weighted by atomic mass is 10.1. The highest BCUT2D eigenvalue weighted by Crippen LogP contribution is 2.25. The Labute approximate surface area is 153 Å². The molecule has 0 saturated heterocycles. The smallest absolute Gasteiger partial charge is 0.338 e. The van der Waals surface area contributed by atoms with Crippen LogP contribution in [0, 0.1) is 13.8 Å². The predicted molar refractivity (Wildman–Crippen MR) is 97.7 cm³/mol. The molecular formula is C20H23NO5. The summed E-state index contributed by atoms with van der Waals surface area (Å²) in [5, 5.41) is 2.64. The Morgan fingerprint density at radius 2 is 1.77 bits per heavy atom. The van der Waals surface area contributed by atoms with Crippen LogP contribution < -0.4 is 14.8 Å². The number of methoxy groups -OCH3 is 1. The van der Waals surface area contributed by atoms with E-state index in [-0.39, 0.29) is 25.7 Å². The zero-order chi connectivity index (χ0) is 18.9. The van der Waals surface area contributed by atoms with Crippen molar-refractivity contribution in [3.63, 3.8) is 0 Å². The first-order chi connectivity index (χ1) is 12.5. The maximum atomic E-state index is 12.1. The highest BCUT2D eigenvalue weighted by atomic mass is 16.5. The van der Waals surface area contributed by atoms with E-state index in [1.165, 1.54) is 0 Å². The van der Waals surface area contributed by atoms with Crippen molar-refractivity contribution in [2.75, 3.05) is 26.9 Å². The van der Waals surface area contributed by atoms with Crippen molar-refractivity contribution in [2.24, 2.45) is 0 Å². The van der Waals surface area contributed by atoms with Gasteiger partial charge in [-0.15, -0.1) is 0 Å². The SMILES string of the molecule is COc1ccccc1OCCNC(=O)COC(=O)c1cc(C)ccc1C. The average molecular weight is 357 g/mol. The number of hydrogen-bond donors (Lipinski definition) is 1. The van der Waals surface area contributed by atoms with Crippen LogP contribution in [-0.4, -0.2) is 38.7 Å². The van der Waals surface area contributed by atoms with E-state index in [1.807, 2.05) is 38.1 Å². The third kappa shape index (κ3) is 5.51. The van der Waals surface area contributed by atoms with Gasteiger partial charge in [-0.05, 0) is 37.6 Å². The van der Waals surface area contributed by atoms with Gasteiger partial charge in [0, 0.05) is 0 Å². The highest BCUT2D eigenvalue weighted by Gasteiger charge is 2.12. The quantitative estimate of drug-likeness (QED) is 0.581. The lowest BCUT2D eigenvalue weighted by molar-refractivity contribution is -0.124. The van der Waals surface area contributed by atoms with Gasteiger partial charge in [0.1, 0.15) is 6.61 Å². The van der Waals surface area contributed by atoms with Gasteiger partial charge in [0.2, 0.25) is 0 Å². The van der Waals surface area contributed by atoms with Crippen molar-refractivity contribution < 1.29 is 23.8 Å². The van der Waals surface area contributed by atoms with E-state index in [0.717, 1.165) is 11.1 Å². The summed E-state index contributed by atoms with van der Waals surface area (Å²) in [5.41, 5.74) is 2.24. The first kappa shape index (κ1) is 19.3.